The fourth-order valence-corrected chi connectivity index (χ4v) is 13.3. The number of carbonyl (C=O) groups is 4. The highest BCUT2D eigenvalue weighted by Gasteiger charge is 2.30. The molecule has 0 aromatic rings. The van der Waals surface area contributed by atoms with Crippen molar-refractivity contribution < 1.29 is 80.2 Å². The number of carbonyl (C=O) groups excluding carboxylic acids is 4. The van der Waals surface area contributed by atoms with Gasteiger partial charge in [0.25, 0.3) is 0 Å². The molecule has 0 saturated heterocycles. The van der Waals surface area contributed by atoms with Crippen molar-refractivity contribution in [2.75, 3.05) is 39.6 Å². The standard InChI is InChI=1S/C77H150O17P2/c1-8-10-11-12-13-29-36-44-51-58-74(79)87-65-73(94-77(82)61-54-47-40-39-43-50-57-70(7)9-2)67-92-96(85,86)90-63-71(78)62-89-95(83,84)91-66-72(64-88-75(80)59-52-45-37-32-27-23-20-16-18-22-26-31-35-42-49-56-69(5)6)93-76(81)60-53-46-38-33-28-24-19-15-14-17-21-25-30-34-41-48-55-68(3)4/h68-73,78H,8-67H2,1-7H3,(H,83,84)(H,85,86)/t70?,71-,72-,73-/m1/s1. The number of hydrogen-bond donors (Lipinski definition) is 3. The lowest BCUT2D eigenvalue weighted by Gasteiger charge is -2.21. The predicted molar refractivity (Wildman–Crippen MR) is 391 cm³/mol. The van der Waals surface area contributed by atoms with Crippen LogP contribution in [0.1, 0.15) is 395 Å². The molecule has 0 aromatic heterocycles. The number of phosphoric ester groups is 2. The predicted octanol–water partition coefficient (Wildman–Crippen LogP) is 22.6. The molecule has 570 valence electrons. The van der Waals surface area contributed by atoms with E-state index in [2.05, 4.69) is 48.5 Å². The first kappa shape index (κ1) is 94.1. The molecule has 17 nitrogen and oxygen atoms in total. The first-order chi connectivity index (χ1) is 46.3. The molecule has 0 fully saturated rings. The largest absolute Gasteiger partial charge is 0.472 e. The van der Waals surface area contributed by atoms with E-state index in [-0.39, 0.29) is 25.7 Å². The van der Waals surface area contributed by atoms with E-state index in [1.165, 1.54) is 205 Å². The van der Waals surface area contributed by atoms with Gasteiger partial charge in [-0.15, -0.1) is 0 Å². The van der Waals surface area contributed by atoms with Crippen molar-refractivity contribution >= 4 is 39.5 Å². The number of hydrogen-bond acceptors (Lipinski definition) is 15. The summed E-state index contributed by atoms with van der Waals surface area (Å²) in [6.07, 6.45) is 54.2. The van der Waals surface area contributed by atoms with E-state index in [9.17, 15) is 43.2 Å². The van der Waals surface area contributed by atoms with Crippen molar-refractivity contribution in [2.24, 2.45) is 17.8 Å². The van der Waals surface area contributed by atoms with Gasteiger partial charge in [-0.05, 0) is 43.4 Å². The molecule has 0 amide bonds. The number of esters is 4. The molecule has 3 N–H and O–H groups in total. The number of rotatable bonds is 75. The van der Waals surface area contributed by atoms with Gasteiger partial charge in [0, 0.05) is 25.7 Å². The van der Waals surface area contributed by atoms with E-state index in [1.807, 2.05) is 0 Å². The zero-order chi connectivity index (χ0) is 70.9. The van der Waals surface area contributed by atoms with Gasteiger partial charge < -0.3 is 33.8 Å². The summed E-state index contributed by atoms with van der Waals surface area (Å²) in [5.41, 5.74) is 0. The summed E-state index contributed by atoms with van der Waals surface area (Å²) in [5.74, 6) is 0.215. The van der Waals surface area contributed by atoms with Crippen molar-refractivity contribution in [1.29, 1.82) is 0 Å². The normalized spacial score (nSPS) is 14.3. The molecule has 0 aliphatic carbocycles. The minimum Gasteiger partial charge on any atom is -0.462 e. The Labute approximate surface area is 588 Å². The van der Waals surface area contributed by atoms with Crippen LogP contribution in [0.5, 0.6) is 0 Å². The van der Waals surface area contributed by atoms with Gasteiger partial charge in [0.15, 0.2) is 12.2 Å². The van der Waals surface area contributed by atoms with E-state index in [4.69, 9.17) is 37.0 Å². The third kappa shape index (κ3) is 69.2. The zero-order valence-corrected chi connectivity index (χ0v) is 64.6. The van der Waals surface area contributed by atoms with E-state index in [0.717, 1.165) is 108 Å². The molecule has 0 bridgehead atoms. The Morgan fingerprint density at radius 3 is 0.792 bits per heavy atom. The van der Waals surface area contributed by atoms with Crippen LogP contribution in [0.15, 0.2) is 0 Å². The zero-order valence-electron chi connectivity index (χ0n) is 62.8. The Kier molecular flexibility index (Phi) is 66.2. The molecule has 0 saturated carbocycles. The summed E-state index contributed by atoms with van der Waals surface area (Å²) < 4.78 is 68.5. The number of aliphatic hydroxyl groups is 1. The highest BCUT2D eigenvalue weighted by molar-refractivity contribution is 7.47. The molecule has 0 spiro atoms. The Morgan fingerprint density at radius 2 is 0.531 bits per heavy atom. The van der Waals surface area contributed by atoms with E-state index in [1.54, 1.807) is 0 Å². The maximum Gasteiger partial charge on any atom is 0.472 e. The average Bonchev–Trinajstić information content (AvgIpc) is 1.12. The summed E-state index contributed by atoms with van der Waals surface area (Å²) in [4.78, 5) is 72.7. The minimum absolute atomic E-state index is 0.103. The van der Waals surface area contributed by atoms with Crippen LogP contribution < -0.4 is 0 Å². The second-order valence-corrected chi connectivity index (χ2v) is 31.8. The first-order valence-electron chi connectivity index (χ1n) is 39.9. The van der Waals surface area contributed by atoms with Crippen molar-refractivity contribution in [1.82, 2.24) is 0 Å². The van der Waals surface area contributed by atoms with Gasteiger partial charge in [-0.3, -0.25) is 37.3 Å². The molecule has 19 heteroatoms. The number of ether oxygens (including phenoxy) is 4. The van der Waals surface area contributed by atoms with Crippen LogP contribution in [-0.4, -0.2) is 96.7 Å². The minimum atomic E-state index is -4.96. The third-order valence-electron chi connectivity index (χ3n) is 18.2. The topological polar surface area (TPSA) is 237 Å². The highest BCUT2D eigenvalue weighted by Crippen LogP contribution is 2.45. The van der Waals surface area contributed by atoms with Crippen LogP contribution in [0.3, 0.4) is 0 Å². The molecule has 6 atom stereocenters. The fraction of sp³-hybridized carbons (Fsp3) is 0.948. The van der Waals surface area contributed by atoms with Gasteiger partial charge in [-0.25, -0.2) is 9.13 Å². The van der Waals surface area contributed by atoms with Gasteiger partial charge in [-0.2, -0.15) is 0 Å². The maximum absolute atomic E-state index is 13.1. The van der Waals surface area contributed by atoms with Crippen molar-refractivity contribution in [3.8, 4) is 0 Å². The monoisotopic (exact) mass is 1410 g/mol. The molecule has 0 aromatic carbocycles. The van der Waals surface area contributed by atoms with Gasteiger partial charge in [0.2, 0.25) is 0 Å². The third-order valence-corrected chi connectivity index (χ3v) is 20.1. The molecule has 0 aliphatic heterocycles. The van der Waals surface area contributed by atoms with Crippen molar-refractivity contribution in [3.63, 3.8) is 0 Å². The van der Waals surface area contributed by atoms with Crippen LogP contribution >= 0.6 is 15.6 Å². The van der Waals surface area contributed by atoms with Crippen LogP contribution in [0.2, 0.25) is 0 Å². The van der Waals surface area contributed by atoms with Gasteiger partial charge in [0.1, 0.15) is 19.3 Å². The number of phosphoric acid groups is 2. The second kappa shape index (κ2) is 67.5. The molecule has 0 aliphatic rings. The van der Waals surface area contributed by atoms with Crippen LogP contribution in [0.4, 0.5) is 0 Å². The Bertz CT molecular complexity index is 1870. The lowest BCUT2D eigenvalue weighted by molar-refractivity contribution is -0.161. The quantitative estimate of drug-likeness (QED) is 0.0222. The van der Waals surface area contributed by atoms with Gasteiger partial charge >= 0.3 is 39.5 Å². The Morgan fingerprint density at radius 1 is 0.302 bits per heavy atom. The van der Waals surface area contributed by atoms with E-state index < -0.39 is 97.5 Å². The first-order valence-corrected chi connectivity index (χ1v) is 42.9. The lowest BCUT2D eigenvalue weighted by atomic mass is 10.00. The summed E-state index contributed by atoms with van der Waals surface area (Å²) in [5, 5.41) is 10.6. The van der Waals surface area contributed by atoms with Gasteiger partial charge in [-0.1, -0.05) is 344 Å². The van der Waals surface area contributed by atoms with E-state index in [0.29, 0.717) is 25.7 Å². The van der Waals surface area contributed by atoms with Crippen LogP contribution in [-0.2, 0) is 65.4 Å². The molecular weight excluding hydrogens is 1260 g/mol. The van der Waals surface area contributed by atoms with E-state index >= 15 is 0 Å². The molecule has 3 unspecified atom stereocenters. The highest BCUT2D eigenvalue weighted by atomic mass is 31.2. The fourth-order valence-electron chi connectivity index (χ4n) is 11.7. The summed E-state index contributed by atoms with van der Waals surface area (Å²) in [7, 11) is -9.91. The number of aliphatic hydroxyl groups excluding tert-OH is 1. The van der Waals surface area contributed by atoms with Crippen molar-refractivity contribution in [2.45, 2.75) is 414 Å². The maximum atomic E-state index is 13.1. The lowest BCUT2D eigenvalue weighted by Crippen LogP contribution is -2.30. The van der Waals surface area contributed by atoms with Crippen molar-refractivity contribution in [3.05, 3.63) is 0 Å². The SMILES string of the molecule is CCCCCCCCCCCC(=O)OC[C@H](COP(=O)(O)OC[C@H](O)COP(=O)(O)OC[C@@H](COC(=O)CCCCCCCCCCCCCCCCCC(C)C)OC(=O)CCCCCCCCCCCCCCCCCCC(C)C)OC(=O)CCCCCCCCC(C)CC. The molecular formula is C77H150O17P2. The summed E-state index contributed by atoms with van der Waals surface area (Å²) in [6, 6.07) is 0. The molecule has 0 rings (SSSR count). The Hall–Kier alpha value is -1.94. The molecule has 96 heavy (non-hydrogen) atoms. The summed E-state index contributed by atoms with van der Waals surface area (Å²) >= 11 is 0. The Balaban J connectivity index is 5.20. The summed E-state index contributed by atoms with van der Waals surface area (Å²) in [6.45, 7) is 11.9. The smallest absolute Gasteiger partial charge is 0.462 e. The molecule has 0 heterocycles. The van der Waals surface area contributed by atoms with Gasteiger partial charge in [0.05, 0.1) is 26.4 Å². The van der Waals surface area contributed by atoms with Crippen LogP contribution in [0, 0.1) is 17.8 Å². The number of unbranched alkanes of at least 4 members (excludes halogenated alkanes) is 42. The second-order valence-electron chi connectivity index (χ2n) is 28.9. The average molecular weight is 1410 g/mol. The van der Waals surface area contributed by atoms with Crippen LogP contribution in [0.25, 0.3) is 0 Å². The molecule has 0 radical (unpaired) electrons.